The number of aromatic nitrogens is 1. The zero-order valence-corrected chi connectivity index (χ0v) is 11.5. The lowest BCUT2D eigenvalue weighted by Crippen LogP contribution is -2.15. The summed E-state index contributed by atoms with van der Waals surface area (Å²) >= 11 is 0. The summed E-state index contributed by atoms with van der Waals surface area (Å²) in [6.45, 7) is 4.33. The third-order valence-electron chi connectivity index (χ3n) is 3.23. The number of nitrogen functional groups attached to an aromatic ring is 1. The summed E-state index contributed by atoms with van der Waals surface area (Å²) < 4.78 is 4.97. The Morgan fingerprint density at radius 2 is 2.21 bits per heavy atom. The van der Waals surface area contributed by atoms with Crippen molar-refractivity contribution in [1.29, 1.82) is 0 Å². The molecule has 0 bridgehead atoms. The van der Waals surface area contributed by atoms with E-state index in [1.165, 1.54) is 19.3 Å². The molecule has 1 aromatic heterocycles. The fourth-order valence-corrected chi connectivity index (χ4v) is 2.18. The second-order valence-corrected chi connectivity index (χ2v) is 4.99. The van der Waals surface area contributed by atoms with Crippen molar-refractivity contribution >= 4 is 22.5 Å². The maximum absolute atomic E-state index is 11.1. The average Bonchev–Trinajstić information content (AvgIpc) is 2.69. The number of fused-ring (bicyclic) bond motifs is 1. The first-order chi connectivity index (χ1) is 9.10. The molecule has 104 valence electrons. The largest absolute Gasteiger partial charge is 0.417 e. The molecule has 0 spiro atoms. The van der Waals surface area contributed by atoms with Gasteiger partial charge in [0.25, 0.3) is 0 Å². The van der Waals surface area contributed by atoms with E-state index in [1.54, 1.807) is 6.07 Å². The van der Waals surface area contributed by atoms with Gasteiger partial charge < -0.3 is 15.5 Å². The van der Waals surface area contributed by atoms with Gasteiger partial charge in [0.1, 0.15) is 0 Å². The lowest BCUT2D eigenvalue weighted by molar-refractivity contribution is 0.555. The zero-order chi connectivity index (χ0) is 13.8. The molecule has 0 saturated carbocycles. The number of hydrogen-bond donors (Lipinski definition) is 3. The van der Waals surface area contributed by atoms with E-state index >= 15 is 0 Å². The second-order valence-electron chi connectivity index (χ2n) is 4.99. The SMILES string of the molecule is CCCCCC(C)Nc1cc2[nH]c(=O)oc2cc1N. The molecule has 19 heavy (non-hydrogen) atoms. The van der Waals surface area contributed by atoms with Crippen molar-refractivity contribution in [3.8, 4) is 0 Å². The number of unbranched alkanes of at least 4 members (excludes halogenated alkanes) is 2. The molecule has 4 N–H and O–H groups in total. The number of nitrogens with one attached hydrogen (secondary N) is 2. The van der Waals surface area contributed by atoms with Crippen molar-refractivity contribution < 1.29 is 4.42 Å². The van der Waals surface area contributed by atoms with Gasteiger partial charge in [0.05, 0.1) is 16.9 Å². The van der Waals surface area contributed by atoms with Gasteiger partial charge in [0.15, 0.2) is 5.58 Å². The Bertz CT molecular complexity index is 600. The Balaban J connectivity index is 2.11. The smallest absolute Gasteiger partial charge is 0.408 e. The van der Waals surface area contributed by atoms with Crippen molar-refractivity contribution in [2.24, 2.45) is 0 Å². The minimum absolute atomic E-state index is 0.352. The molecule has 5 nitrogen and oxygen atoms in total. The van der Waals surface area contributed by atoms with E-state index in [1.807, 2.05) is 6.07 Å². The molecule has 0 aliphatic heterocycles. The maximum Gasteiger partial charge on any atom is 0.417 e. The van der Waals surface area contributed by atoms with Crippen molar-refractivity contribution in [2.75, 3.05) is 11.1 Å². The summed E-state index contributed by atoms with van der Waals surface area (Å²) in [4.78, 5) is 13.8. The Hall–Kier alpha value is -1.91. The highest BCUT2D eigenvalue weighted by atomic mass is 16.4. The van der Waals surface area contributed by atoms with Crippen LogP contribution >= 0.6 is 0 Å². The summed E-state index contributed by atoms with van der Waals surface area (Å²) in [5.41, 5.74) is 8.56. The highest BCUT2D eigenvalue weighted by molar-refractivity contribution is 5.85. The minimum Gasteiger partial charge on any atom is -0.408 e. The van der Waals surface area contributed by atoms with Gasteiger partial charge in [-0.3, -0.25) is 4.98 Å². The fraction of sp³-hybridized carbons (Fsp3) is 0.500. The predicted molar refractivity (Wildman–Crippen MR) is 78.5 cm³/mol. The van der Waals surface area contributed by atoms with E-state index in [4.69, 9.17) is 10.2 Å². The van der Waals surface area contributed by atoms with E-state index in [9.17, 15) is 4.79 Å². The van der Waals surface area contributed by atoms with Crippen molar-refractivity contribution in [3.05, 3.63) is 22.7 Å². The van der Waals surface area contributed by atoms with Crippen LogP contribution in [0.4, 0.5) is 11.4 Å². The summed E-state index contributed by atoms with van der Waals surface area (Å²) in [6, 6.07) is 3.85. The highest BCUT2D eigenvalue weighted by Gasteiger charge is 2.09. The van der Waals surface area contributed by atoms with E-state index in [2.05, 4.69) is 24.1 Å². The van der Waals surface area contributed by atoms with Gasteiger partial charge >= 0.3 is 5.76 Å². The molecule has 2 rings (SSSR count). The van der Waals surface area contributed by atoms with E-state index in [-0.39, 0.29) is 0 Å². The molecule has 0 aliphatic rings. The Kier molecular flexibility index (Phi) is 4.14. The molecule has 0 saturated heterocycles. The standard InChI is InChI=1S/C14H21N3O2/c1-3-4-5-6-9(2)16-11-8-12-13(7-10(11)15)19-14(18)17-12/h7-9,16H,3-6,15H2,1-2H3,(H,17,18). The van der Waals surface area contributed by atoms with Gasteiger partial charge in [0, 0.05) is 12.1 Å². The Morgan fingerprint density at radius 1 is 1.42 bits per heavy atom. The van der Waals surface area contributed by atoms with Crippen molar-refractivity contribution in [2.45, 2.75) is 45.6 Å². The maximum atomic E-state index is 11.1. The van der Waals surface area contributed by atoms with Crippen LogP contribution in [0.15, 0.2) is 21.3 Å². The molecule has 0 aliphatic carbocycles. The van der Waals surface area contributed by atoms with Crippen molar-refractivity contribution in [3.63, 3.8) is 0 Å². The normalized spacial score (nSPS) is 12.7. The lowest BCUT2D eigenvalue weighted by atomic mass is 10.1. The molecule has 5 heteroatoms. The van der Waals surface area contributed by atoms with Crippen LogP contribution in [0.25, 0.3) is 11.1 Å². The second kappa shape index (κ2) is 5.82. The molecular formula is C14H21N3O2. The van der Waals surface area contributed by atoms with Crippen LogP contribution < -0.4 is 16.8 Å². The van der Waals surface area contributed by atoms with Gasteiger partial charge in [-0.15, -0.1) is 0 Å². The quantitative estimate of drug-likeness (QED) is 0.552. The minimum atomic E-state index is -0.456. The monoisotopic (exact) mass is 263 g/mol. The van der Waals surface area contributed by atoms with Gasteiger partial charge in [-0.2, -0.15) is 0 Å². The molecular weight excluding hydrogens is 242 g/mol. The summed E-state index contributed by atoms with van der Waals surface area (Å²) in [7, 11) is 0. The van der Waals surface area contributed by atoms with Crippen LogP contribution in [0.3, 0.4) is 0 Å². The number of anilines is 2. The van der Waals surface area contributed by atoms with Gasteiger partial charge in [-0.25, -0.2) is 4.79 Å². The summed E-state index contributed by atoms with van der Waals surface area (Å²) in [6.07, 6.45) is 4.77. The number of rotatable bonds is 6. The molecule has 0 radical (unpaired) electrons. The third-order valence-corrected chi connectivity index (χ3v) is 3.23. The molecule has 1 heterocycles. The third kappa shape index (κ3) is 3.30. The number of nitrogens with two attached hydrogens (primary N) is 1. The Morgan fingerprint density at radius 3 is 2.95 bits per heavy atom. The lowest BCUT2D eigenvalue weighted by Gasteiger charge is -2.16. The van der Waals surface area contributed by atoms with Crippen molar-refractivity contribution in [1.82, 2.24) is 4.98 Å². The fourth-order valence-electron chi connectivity index (χ4n) is 2.18. The number of H-pyrrole nitrogens is 1. The number of oxazole rings is 1. The Labute approximate surface area is 112 Å². The molecule has 2 aromatic rings. The van der Waals surface area contributed by atoms with Crippen LogP contribution in [-0.2, 0) is 0 Å². The van der Waals surface area contributed by atoms with E-state index in [0.717, 1.165) is 12.1 Å². The van der Waals surface area contributed by atoms with Crippen LogP contribution in [0, 0.1) is 0 Å². The molecule has 1 aromatic carbocycles. The average molecular weight is 263 g/mol. The van der Waals surface area contributed by atoms with Crippen LogP contribution in [0.2, 0.25) is 0 Å². The summed E-state index contributed by atoms with van der Waals surface area (Å²) in [5, 5.41) is 3.38. The first-order valence-electron chi connectivity index (χ1n) is 6.79. The highest BCUT2D eigenvalue weighted by Crippen LogP contribution is 2.25. The zero-order valence-electron chi connectivity index (χ0n) is 11.5. The number of hydrogen-bond acceptors (Lipinski definition) is 4. The summed E-state index contributed by atoms with van der Waals surface area (Å²) in [5.74, 6) is -0.456. The number of benzene rings is 1. The van der Waals surface area contributed by atoms with E-state index in [0.29, 0.717) is 22.8 Å². The van der Waals surface area contributed by atoms with Gasteiger partial charge in [-0.1, -0.05) is 26.2 Å². The predicted octanol–water partition coefficient (Wildman–Crippen LogP) is 3.08. The topological polar surface area (TPSA) is 84.0 Å². The molecule has 0 amide bonds. The van der Waals surface area contributed by atoms with Gasteiger partial charge in [-0.05, 0) is 19.4 Å². The first-order valence-corrected chi connectivity index (χ1v) is 6.79. The molecule has 1 atom stereocenters. The molecule has 1 unspecified atom stereocenters. The molecule has 0 fully saturated rings. The van der Waals surface area contributed by atoms with Crippen LogP contribution in [-0.4, -0.2) is 11.0 Å². The van der Waals surface area contributed by atoms with Crippen LogP contribution in [0.5, 0.6) is 0 Å². The van der Waals surface area contributed by atoms with E-state index < -0.39 is 5.76 Å². The number of aromatic amines is 1. The first kappa shape index (κ1) is 13.5. The van der Waals surface area contributed by atoms with Gasteiger partial charge in [0.2, 0.25) is 0 Å². The van der Waals surface area contributed by atoms with Crippen LogP contribution in [0.1, 0.15) is 39.5 Å².